The van der Waals surface area contributed by atoms with Gasteiger partial charge in [-0.1, -0.05) is 0 Å². The van der Waals surface area contributed by atoms with E-state index in [1.165, 1.54) is 0 Å². The zero-order valence-electron chi connectivity index (χ0n) is 13.6. The number of amides is 1. The Morgan fingerprint density at radius 1 is 1.26 bits per heavy atom. The SMILES string of the molecule is CNCCN(C)C(C)CCN(C)C(=O)OC(C)(C)C. The summed E-state index contributed by atoms with van der Waals surface area (Å²) in [4.78, 5) is 15.7. The van der Waals surface area contributed by atoms with Crippen molar-refractivity contribution in [2.24, 2.45) is 0 Å². The Morgan fingerprint density at radius 3 is 2.32 bits per heavy atom. The molecule has 0 fully saturated rings. The largest absolute Gasteiger partial charge is 0.444 e. The van der Waals surface area contributed by atoms with Crippen LogP contribution in [-0.2, 0) is 4.74 Å². The molecular formula is C14H31N3O2. The van der Waals surface area contributed by atoms with Crippen molar-refractivity contribution >= 4 is 6.09 Å². The predicted octanol–water partition coefficient (Wildman–Crippen LogP) is 1.78. The molecule has 0 aromatic rings. The lowest BCUT2D eigenvalue weighted by atomic mass is 10.2. The third-order valence-electron chi connectivity index (χ3n) is 3.05. The number of nitrogens with one attached hydrogen (secondary N) is 1. The molecule has 0 aromatic carbocycles. The zero-order chi connectivity index (χ0) is 15.1. The Morgan fingerprint density at radius 2 is 1.84 bits per heavy atom. The van der Waals surface area contributed by atoms with Crippen molar-refractivity contribution in [2.75, 3.05) is 40.8 Å². The van der Waals surface area contributed by atoms with Gasteiger partial charge < -0.3 is 19.9 Å². The van der Waals surface area contributed by atoms with Gasteiger partial charge >= 0.3 is 6.09 Å². The molecule has 0 radical (unpaired) electrons. The molecule has 0 aromatic heterocycles. The number of likely N-dealkylation sites (N-methyl/N-ethyl adjacent to an activating group) is 2. The number of nitrogens with zero attached hydrogens (tertiary/aromatic N) is 2. The number of carbonyl (C=O) groups is 1. The maximum absolute atomic E-state index is 11.8. The van der Waals surface area contributed by atoms with E-state index in [0.717, 1.165) is 19.5 Å². The van der Waals surface area contributed by atoms with E-state index < -0.39 is 5.60 Å². The normalized spacial score (nSPS) is 13.5. The zero-order valence-corrected chi connectivity index (χ0v) is 13.6. The summed E-state index contributed by atoms with van der Waals surface area (Å²) in [5, 5.41) is 3.14. The fraction of sp³-hybridized carbons (Fsp3) is 0.929. The molecule has 1 atom stereocenters. The van der Waals surface area contributed by atoms with Crippen molar-refractivity contribution in [1.82, 2.24) is 15.1 Å². The fourth-order valence-corrected chi connectivity index (χ4v) is 1.54. The van der Waals surface area contributed by atoms with Gasteiger partial charge in [-0.05, 0) is 48.2 Å². The van der Waals surface area contributed by atoms with E-state index in [1.807, 2.05) is 27.8 Å². The van der Waals surface area contributed by atoms with Crippen LogP contribution in [0, 0.1) is 0 Å². The molecule has 1 unspecified atom stereocenters. The summed E-state index contributed by atoms with van der Waals surface area (Å²) in [6.07, 6.45) is 0.688. The molecule has 0 rings (SSSR count). The monoisotopic (exact) mass is 273 g/mol. The first kappa shape index (κ1) is 18.2. The van der Waals surface area contributed by atoms with Gasteiger partial charge in [0.15, 0.2) is 0 Å². The minimum atomic E-state index is -0.430. The van der Waals surface area contributed by atoms with Gasteiger partial charge in [-0.2, -0.15) is 0 Å². The molecule has 5 nitrogen and oxygen atoms in total. The lowest BCUT2D eigenvalue weighted by molar-refractivity contribution is 0.0287. The van der Waals surface area contributed by atoms with Crippen molar-refractivity contribution in [3.8, 4) is 0 Å². The topological polar surface area (TPSA) is 44.8 Å². The second-order valence-electron chi connectivity index (χ2n) is 6.12. The Hall–Kier alpha value is -0.810. The molecule has 0 saturated heterocycles. The van der Waals surface area contributed by atoms with Gasteiger partial charge in [0.1, 0.15) is 5.60 Å². The fourth-order valence-electron chi connectivity index (χ4n) is 1.54. The van der Waals surface area contributed by atoms with Crippen molar-refractivity contribution in [2.45, 2.75) is 45.8 Å². The Balaban J connectivity index is 4.01. The third-order valence-corrected chi connectivity index (χ3v) is 3.05. The van der Waals surface area contributed by atoms with Crippen LogP contribution in [0.15, 0.2) is 0 Å². The van der Waals surface area contributed by atoms with Crippen LogP contribution in [0.2, 0.25) is 0 Å². The summed E-state index contributed by atoms with van der Waals surface area (Å²) in [5.41, 5.74) is -0.430. The van der Waals surface area contributed by atoms with Crippen LogP contribution in [0.1, 0.15) is 34.1 Å². The molecule has 5 heteroatoms. The third kappa shape index (κ3) is 8.83. The highest BCUT2D eigenvalue weighted by molar-refractivity contribution is 5.67. The lowest BCUT2D eigenvalue weighted by Crippen LogP contribution is -2.39. The molecule has 0 saturated carbocycles. The van der Waals surface area contributed by atoms with Gasteiger partial charge in [0.05, 0.1) is 0 Å². The maximum Gasteiger partial charge on any atom is 0.410 e. The standard InChI is InChI=1S/C14H31N3O2/c1-12(16(6)11-9-15-5)8-10-17(7)13(18)19-14(2,3)4/h12,15H,8-11H2,1-7H3. The summed E-state index contributed by atoms with van der Waals surface area (Å²) < 4.78 is 5.32. The van der Waals surface area contributed by atoms with Gasteiger partial charge in [-0.25, -0.2) is 4.79 Å². The second-order valence-corrected chi connectivity index (χ2v) is 6.12. The van der Waals surface area contributed by atoms with Crippen LogP contribution in [-0.4, -0.2) is 68.3 Å². The van der Waals surface area contributed by atoms with Gasteiger partial charge in [0, 0.05) is 32.7 Å². The van der Waals surface area contributed by atoms with E-state index in [0.29, 0.717) is 12.6 Å². The van der Waals surface area contributed by atoms with Crippen LogP contribution in [0.25, 0.3) is 0 Å². The Kier molecular flexibility index (Phi) is 8.02. The Bertz CT molecular complexity index is 264. The van der Waals surface area contributed by atoms with Crippen molar-refractivity contribution in [1.29, 1.82) is 0 Å². The van der Waals surface area contributed by atoms with Gasteiger partial charge in [-0.15, -0.1) is 0 Å². The molecule has 0 aliphatic carbocycles. The summed E-state index contributed by atoms with van der Waals surface area (Å²) in [5.74, 6) is 0. The number of hydrogen-bond acceptors (Lipinski definition) is 4. The highest BCUT2D eigenvalue weighted by Gasteiger charge is 2.20. The van der Waals surface area contributed by atoms with E-state index in [-0.39, 0.29) is 6.09 Å². The van der Waals surface area contributed by atoms with Crippen LogP contribution in [0.4, 0.5) is 4.79 Å². The molecule has 1 N–H and O–H groups in total. The van der Waals surface area contributed by atoms with Crippen molar-refractivity contribution in [3.05, 3.63) is 0 Å². The van der Waals surface area contributed by atoms with E-state index in [1.54, 1.807) is 11.9 Å². The molecule has 19 heavy (non-hydrogen) atoms. The second kappa shape index (κ2) is 8.38. The van der Waals surface area contributed by atoms with Crippen molar-refractivity contribution < 1.29 is 9.53 Å². The number of ether oxygens (including phenoxy) is 1. The van der Waals surface area contributed by atoms with Crippen molar-refractivity contribution in [3.63, 3.8) is 0 Å². The molecule has 0 aliphatic heterocycles. The van der Waals surface area contributed by atoms with Crippen LogP contribution in [0.5, 0.6) is 0 Å². The molecule has 0 heterocycles. The number of hydrogen-bond donors (Lipinski definition) is 1. The first-order valence-electron chi connectivity index (χ1n) is 6.96. The van der Waals surface area contributed by atoms with E-state index in [4.69, 9.17) is 4.74 Å². The van der Waals surface area contributed by atoms with Gasteiger partial charge in [-0.3, -0.25) is 0 Å². The van der Waals surface area contributed by atoms with E-state index in [2.05, 4.69) is 24.2 Å². The average Bonchev–Trinajstić information content (AvgIpc) is 2.30. The summed E-state index contributed by atoms with van der Waals surface area (Å²) >= 11 is 0. The predicted molar refractivity (Wildman–Crippen MR) is 79.5 cm³/mol. The highest BCUT2D eigenvalue weighted by Crippen LogP contribution is 2.10. The molecule has 0 aliphatic rings. The van der Waals surface area contributed by atoms with Crippen LogP contribution >= 0.6 is 0 Å². The average molecular weight is 273 g/mol. The number of carbonyl (C=O) groups excluding carboxylic acids is 1. The summed E-state index contributed by atoms with van der Waals surface area (Å²) in [6.45, 7) is 10.5. The molecule has 114 valence electrons. The lowest BCUT2D eigenvalue weighted by Gasteiger charge is -2.28. The van der Waals surface area contributed by atoms with Crippen LogP contribution < -0.4 is 5.32 Å². The quantitative estimate of drug-likeness (QED) is 0.768. The smallest absolute Gasteiger partial charge is 0.410 e. The summed E-state index contributed by atoms with van der Waals surface area (Å²) in [7, 11) is 5.85. The Labute approximate surface area is 118 Å². The number of rotatable bonds is 7. The highest BCUT2D eigenvalue weighted by atomic mass is 16.6. The van der Waals surface area contributed by atoms with E-state index >= 15 is 0 Å². The first-order chi connectivity index (χ1) is 8.67. The first-order valence-corrected chi connectivity index (χ1v) is 6.96. The minimum Gasteiger partial charge on any atom is -0.444 e. The molecular weight excluding hydrogens is 242 g/mol. The van der Waals surface area contributed by atoms with Crippen LogP contribution in [0.3, 0.4) is 0 Å². The summed E-state index contributed by atoms with van der Waals surface area (Å²) in [6, 6.07) is 0.443. The van der Waals surface area contributed by atoms with Gasteiger partial charge in [0.25, 0.3) is 0 Å². The molecule has 1 amide bonds. The minimum absolute atomic E-state index is 0.252. The molecule has 0 bridgehead atoms. The van der Waals surface area contributed by atoms with E-state index in [9.17, 15) is 4.79 Å². The molecule has 0 spiro atoms. The maximum atomic E-state index is 11.8. The van der Waals surface area contributed by atoms with Gasteiger partial charge in [0.2, 0.25) is 0 Å².